The smallest absolute Gasteiger partial charge is 0.214 e. The highest BCUT2D eigenvalue weighted by molar-refractivity contribution is 7.89. The summed E-state index contributed by atoms with van der Waals surface area (Å²) in [7, 11) is -3.12. The van der Waals surface area contributed by atoms with Gasteiger partial charge in [0.2, 0.25) is 10.0 Å². The Kier molecular flexibility index (Phi) is 6.94. The fraction of sp³-hybridized carbons (Fsp3) is 0.909. The van der Waals surface area contributed by atoms with Gasteiger partial charge in [0.25, 0.3) is 0 Å². The monoisotopic (exact) mass is 293 g/mol. The molecular formula is C11H20ClN3O2S. The molecule has 1 fully saturated rings. The average Bonchev–Trinajstić information content (AvgIpc) is 2.37. The van der Waals surface area contributed by atoms with Gasteiger partial charge in [0, 0.05) is 45.0 Å². The van der Waals surface area contributed by atoms with Gasteiger partial charge in [0.05, 0.1) is 11.8 Å². The molecule has 1 aliphatic rings. The van der Waals surface area contributed by atoms with Crippen LogP contribution in [0.5, 0.6) is 0 Å². The van der Waals surface area contributed by atoms with Crippen LogP contribution in [0.3, 0.4) is 0 Å². The van der Waals surface area contributed by atoms with Crippen molar-refractivity contribution in [2.45, 2.75) is 19.3 Å². The van der Waals surface area contributed by atoms with E-state index in [0.29, 0.717) is 31.8 Å². The predicted molar refractivity (Wildman–Crippen MR) is 72.0 cm³/mol. The highest BCUT2D eigenvalue weighted by atomic mass is 35.5. The molecule has 0 spiro atoms. The summed E-state index contributed by atoms with van der Waals surface area (Å²) >= 11 is 5.54. The lowest BCUT2D eigenvalue weighted by atomic mass is 10.3. The molecule has 0 unspecified atom stereocenters. The van der Waals surface area contributed by atoms with Crippen molar-refractivity contribution in [3.8, 4) is 6.07 Å². The van der Waals surface area contributed by atoms with Gasteiger partial charge >= 0.3 is 0 Å². The maximum atomic E-state index is 12.0. The molecule has 0 aromatic heterocycles. The number of sulfonamides is 1. The third kappa shape index (κ3) is 5.11. The average molecular weight is 294 g/mol. The summed E-state index contributed by atoms with van der Waals surface area (Å²) in [5.74, 6) is 0.704. The molecule has 0 radical (unpaired) electrons. The molecular weight excluding hydrogens is 274 g/mol. The topological polar surface area (TPSA) is 64.4 Å². The number of unbranched alkanes of at least 4 members (excludes halogenated alkanes) is 1. The second-order valence-corrected chi connectivity index (χ2v) is 6.83. The van der Waals surface area contributed by atoms with E-state index in [9.17, 15) is 8.42 Å². The first-order valence-electron chi connectivity index (χ1n) is 6.23. The van der Waals surface area contributed by atoms with E-state index in [4.69, 9.17) is 16.9 Å². The summed E-state index contributed by atoms with van der Waals surface area (Å²) < 4.78 is 25.5. The second kappa shape index (κ2) is 7.95. The number of piperazine rings is 1. The molecule has 0 bridgehead atoms. The number of nitriles is 1. The largest absolute Gasteiger partial charge is 0.300 e. The standard InChI is InChI=1S/C11H20ClN3O2S/c12-4-1-2-11-18(16,17)15-9-7-14(8-10-15)6-3-5-13/h1-4,6-11H2. The van der Waals surface area contributed by atoms with E-state index in [2.05, 4.69) is 11.0 Å². The summed E-state index contributed by atoms with van der Waals surface area (Å²) in [6.07, 6.45) is 1.87. The minimum atomic E-state index is -3.12. The Labute approximate surface area is 114 Å². The van der Waals surface area contributed by atoms with Crippen LogP contribution in [0.4, 0.5) is 0 Å². The number of rotatable bonds is 7. The molecule has 1 rings (SSSR count). The lowest BCUT2D eigenvalue weighted by Gasteiger charge is -2.33. The lowest BCUT2D eigenvalue weighted by Crippen LogP contribution is -2.49. The van der Waals surface area contributed by atoms with Gasteiger partial charge in [-0.3, -0.25) is 4.90 Å². The van der Waals surface area contributed by atoms with Crippen LogP contribution in [0.2, 0.25) is 0 Å². The Morgan fingerprint density at radius 3 is 2.39 bits per heavy atom. The summed E-state index contributed by atoms with van der Waals surface area (Å²) in [4.78, 5) is 2.13. The van der Waals surface area contributed by atoms with Crippen LogP contribution in [-0.2, 0) is 10.0 Å². The summed E-state index contributed by atoms with van der Waals surface area (Å²) in [6, 6.07) is 2.10. The van der Waals surface area contributed by atoms with Gasteiger partial charge in [-0.05, 0) is 12.8 Å². The highest BCUT2D eigenvalue weighted by Gasteiger charge is 2.25. The first-order chi connectivity index (χ1) is 8.60. The number of hydrogen-bond donors (Lipinski definition) is 0. The van der Waals surface area contributed by atoms with Crippen LogP contribution in [0.1, 0.15) is 19.3 Å². The maximum Gasteiger partial charge on any atom is 0.214 e. The predicted octanol–water partition coefficient (Wildman–Crippen LogP) is 0.866. The van der Waals surface area contributed by atoms with Crippen molar-refractivity contribution >= 4 is 21.6 Å². The minimum Gasteiger partial charge on any atom is -0.300 e. The molecule has 18 heavy (non-hydrogen) atoms. The van der Waals surface area contributed by atoms with Crippen molar-refractivity contribution in [3.05, 3.63) is 0 Å². The van der Waals surface area contributed by atoms with E-state index >= 15 is 0 Å². The highest BCUT2D eigenvalue weighted by Crippen LogP contribution is 2.10. The molecule has 0 aromatic rings. The normalized spacial score (nSPS) is 18.7. The zero-order valence-electron chi connectivity index (χ0n) is 10.5. The van der Waals surface area contributed by atoms with Crippen molar-refractivity contribution in [3.63, 3.8) is 0 Å². The summed E-state index contributed by atoms with van der Waals surface area (Å²) in [6.45, 7) is 3.24. The van der Waals surface area contributed by atoms with E-state index < -0.39 is 10.0 Å². The molecule has 104 valence electrons. The third-order valence-corrected chi connectivity index (χ3v) is 5.27. The van der Waals surface area contributed by atoms with E-state index in [0.717, 1.165) is 26.1 Å². The molecule has 1 aliphatic heterocycles. The third-order valence-electron chi connectivity index (χ3n) is 3.05. The van der Waals surface area contributed by atoms with Gasteiger partial charge in [0.1, 0.15) is 0 Å². The molecule has 1 saturated heterocycles. The van der Waals surface area contributed by atoms with Crippen molar-refractivity contribution in [1.82, 2.24) is 9.21 Å². The molecule has 0 amide bonds. The van der Waals surface area contributed by atoms with Gasteiger partial charge in [-0.1, -0.05) is 0 Å². The van der Waals surface area contributed by atoms with Gasteiger partial charge in [-0.2, -0.15) is 9.57 Å². The van der Waals surface area contributed by atoms with Crippen LogP contribution < -0.4 is 0 Å². The maximum absolute atomic E-state index is 12.0. The van der Waals surface area contributed by atoms with Crippen LogP contribution >= 0.6 is 11.6 Å². The molecule has 5 nitrogen and oxygen atoms in total. The van der Waals surface area contributed by atoms with Crippen LogP contribution in [0, 0.1) is 11.3 Å². The fourth-order valence-electron chi connectivity index (χ4n) is 1.95. The fourth-order valence-corrected chi connectivity index (χ4v) is 3.68. The molecule has 0 N–H and O–H groups in total. The zero-order valence-corrected chi connectivity index (χ0v) is 12.1. The second-order valence-electron chi connectivity index (χ2n) is 4.36. The van der Waals surface area contributed by atoms with Gasteiger partial charge in [-0.15, -0.1) is 11.6 Å². The molecule has 0 atom stereocenters. The van der Waals surface area contributed by atoms with Crippen LogP contribution in [0.25, 0.3) is 0 Å². The first-order valence-corrected chi connectivity index (χ1v) is 8.37. The Morgan fingerprint density at radius 2 is 1.83 bits per heavy atom. The molecule has 0 saturated carbocycles. The Bertz CT molecular complexity index is 372. The molecule has 0 aromatic carbocycles. The van der Waals surface area contributed by atoms with Crippen LogP contribution in [-0.4, -0.2) is 62.0 Å². The van der Waals surface area contributed by atoms with Gasteiger partial charge in [0.15, 0.2) is 0 Å². The first kappa shape index (κ1) is 15.7. The Hall–Kier alpha value is -0.350. The van der Waals surface area contributed by atoms with Crippen molar-refractivity contribution < 1.29 is 8.42 Å². The summed E-state index contributed by atoms with van der Waals surface area (Å²) in [5.41, 5.74) is 0. The molecule has 7 heteroatoms. The van der Waals surface area contributed by atoms with E-state index in [1.807, 2.05) is 0 Å². The van der Waals surface area contributed by atoms with E-state index in [-0.39, 0.29) is 5.75 Å². The molecule has 0 aliphatic carbocycles. The van der Waals surface area contributed by atoms with E-state index in [1.54, 1.807) is 4.31 Å². The van der Waals surface area contributed by atoms with Gasteiger partial charge < -0.3 is 0 Å². The SMILES string of the molecule is N#CCCN1CCN(S(=O)(=O)CCCCCl)CC1. The number of hydrogen-bond acceptors (Lipinski definition) is 4. The van der Waals surface area contributed by atoms with E-state index in [1.165, 1.54) is 0 Å². The quantitative estimate of drug-likeness (QED) is 0.516. The van der Waals surface area contributed by atoms with Crippen molar-refractivity contribution in [1.29, 1.82) is 5.26 Å². The Morgan fingerprint density at radius 1 is 1.17 bits per heavy atom. The number of halogens is 1. The summed E-state index contributed by atoms with van der Waals surface area (Å²) in [5, 5.41) is 8.50. The number of alkyl halides is 1. The van der Waals surface area contributed by atoms with Gasteiger partial charge in [-0.25, -0.2) is 8.42 Å². The van der Waals surface area contributed by atoms with Crippen molar-refractivity contribution in [2.24, 2.45) is 0 Å². The molecule has 1 heterocycles. The Balaban J connectivity index is 2.35. The lowest BCUT2D eigenvalue weighted by molar-refractivity contribution is 0.191. The number of nitrogens with zero attached hydrogens (tertiary/aromatic N) is 3. The zero-order chi connectivity index (χ0) is 13.4. The minimum absolute atomic E-state index is 0.192. The van der Waals surface area contributed by atoms with Crippen molar-refractivity contribution in [2.75, 3.05) is 44.4 Å². The van der Waals surface area contributed by atoms with Crippen LogP contribution in [0.15, 0.2) is 0 Å².